The van der Waals surface area contributed by atoms with Crippen LogP contribution in [0.15, 0.2) is 39.6 Å². The van der Waals surface area contributed by atoms with Gasteiger partial charge in [-0.2, -0.15) is 4.31 Å². The second kappa shape index (κ2) is 8.79. The molecule has 1 saturated heterocycles. The number of hydrogen-bond donors (Lipinski definition) is 1. The van der Waals surface area contributed by atoms with E-state index in [1.54, 1.807) is 6.92 Å². The molecule has 0 unspecified atom stereocenters. The zero-order valence-corrected chi connectivity index (χ0v) is 17.0. The first kappa shape index (κ1) is 20.4. The Morgan fingerprint density at radius 2 is 1.89 bits per heavy atom. The van der Waals surface area contributed by atoms with Crippen molar-refractivity contribution in [1.29, 1.82) is 0 Å². The SMILES string of the molecule is CCCOc1ccc(CNC(=O)c2cc(S(=O)(=O)N3CCCC3)c(C)o2)cc1. The predicted octanol–water partition coefficient (Wildman–Crippen LogP) is 3.09. The van der Waals surface area contributed by atoms with Gasteiger partial charge in [0.15, 0.2) is 5.76 Å². The number of benzene rings is 1. The van der Waals surface area contributed by atoms with Crippen LogP contribution in [0.5, 0.6) is 5.75 Å². The lowest BCUT2D eigenvalue weighted by atomic mass is 10.2. The smallest absolute Gasteiger partial charge is 0.287 e. The number of aryl methyl sites for hydroxylation is 1. The molecule has 2 aromatic rings. The third-order valence-corrected chi connectivity index (χ3v) is 6.63. The van der Waals surface area contributed by atoms with Gasteiger partial charge in [0.1, 0.15) is 16.4 Å². The van der Waals surface area contributed by atoms with E-state index < -0.39 is 15.9 Å². The van der Waals surface area contributed by atoms with Crippen LogP contribution < -0.4 is 10.1 Å². The molecule has 28 heavy (non-hydrogen) atoms. The van der Waals surface area contributed by atoms with Gasteiger partial charge < -0.3 is 14.5 Å². The van der Waals surface area contributed by atoms with Gasteiger partial charge in [-0.25, -0.2) is 8.42 Å². The minimum atomic E-state index is -3.62. The molecule has 1 aliphatic heterocycles. The fraction of sp³-hybridized carbons (Fsp3) is 0.450. The summed E-state index contributed by atoms with van der Waals surface area (Å²) in [5, 5.41) is 2.76. The zero-order chi connectivity index (χ0) is 20.1. The minimum absolute atomic E-state index is 0.00169. The van der Waals surface area contributed by atoms with E-state index in [2.05, 4.69) is 5.32 Å². The number of nitrogens with one attached hydrogen (secondary N) is 1. The number of ether oxygens (including phenoxy) is 1. The molecule has 0 bridgehead atoms. The Bertz CT molecular complexity index is 913. The Labute approximate surface area is 165 Å². The van der Waals surface area contributed by atoms with E-state index >= 15 is 0 Å². The van der Waals surface area contributed by atoms with Gasteiger partial charge in [0.2, 0.25) is 10.0 Å². The van der Waals surface area contributed by atoms with Gasteiger partial charge in [-0.05, 0) is 43.9 Å². The number of amides is 1. The molecule has 2 heterocycles. The molecule has 1 amide bonds. The molecule has 1 aromatic heterocycles. The molecule has 1 fully saturated rings. The first-order valence-electron chi connectivity index (χ1n) is 9.52. The van der Waals surface area contributed by atoms with Gasteiger partial charge in [0, 0.05) is 25.7 Å². The molecule has 0 saturated carbocycles. The van der Waals surface area contributed by atoms with Crippen LogP contribution in [0, 0.1) is 6.92 Å². The number of furan rings is 1. The summed E-state index contributed by atoms with van der Waals surface area (Å²) in [6.45, 7) is 5.59. The van der Waals surface area contributed by atoms with E-state index in [0.29, 0.717) is 26.2 Å². The van der Waals surface area contributed by atoms with Crippen LogP contribution in [-0.2, 0) is 16.6 Å². The molecular formula is C20H26N2O5S. The molecule has 1 N–H and O–H groups in total. The van der Waals surface area contributed by atoms with Gasteiger partial charge in [0.25, 0.3) is 5.91 Å². The molecule has 0 spiro atoms. The van der Waals surface area contributed by atoms with E-state index in [-0.39, 0.29) is 16.4 Å². The van der Waals surface area contributed by atoms with Crippen molar-refractivity contribution in [1.82, 2.24) is 9.62 Å². The average molecular weight is 407 g/mol. The zero-order valence-electron chi connectivity index (χ0n) is 16.2. The standard InChI is InChI=1S/C20H26N2O5S/c1-3-12-26-17-8-6-16(7-9-17)14-21-20(23)18-13-19(15(2)27-18)28(24,25)22-10-4-5-11-22/h6-9,13H,3-5,10-12,14H2,1-2H3,(H,21,23). The molecule has 0 radical (unpaired) electrons. The number of carbonyl (C=O) groups is 1. The van der Waals surface area contributed by atoms with Gasteiger partial charge in [-0.3, -0.25) is 4.79 Å². The number of carbonyl (C=O) groups excluding carboxylic acids is 1. The maximum absolute atomic E-state index is 12.7. The Kier molecular flexibility index (Phi) is 6.41. The quantitative estimate of drug-likeness (QED) is 0.728. The first-order valence-corrected chi connectivity index (χ1v) is 11.0. The van der Waals surface area contributed by atoms with Crippen molar-refractivity contribution in [3.8, 4) is 5.75 Å². The van der Waals surface area contributed by atoms with Crippen molar-refractivity contribution in [3.63, 3.8) is 0 Å². The fourth-order valence-corrected chi connectivity index (χ4v) is 4.77. The highest BCUT2D eigenvalue weighted by Gasteiger charge is 2.31. The van der Waals surface area contributed by atoms with Crippen LogP contribution >= 0.6 is 0 Å². The van der Waals surface area contributed by atoms with E-state index in [0.717, 1.165) is 30.6 Å². The number of nitrogens with zero attached hydrogens (tertiary/aromatic N) is 1. The van der Waals surface area contributed by atoms with Crippen molar-refractivity contribution in [2.75, 3.05) is 19.7 Å². The van der Waals surface area contributed by atoms with Gasteiger partial charge in [-0.15, -0.1) is 0 Å². The van der Waals surface area contributed by atoms with Crippen molar-refractivity contribution < 1.29 is 22.4 Å². The highest BCUT2D eigenvalue weighted by molar-refractivity contribution is 7.89. The topological polar surface area (TPSA) is 88.8 Å². The van der Waals surface area contributed by atoms with Gasteiger partial charge in [-0.1, -0.05) is 19.1 Å². The molecule has 8 heteroatoms. The molecule has 0 atom stereocenters. The third kappa shape index (κ3) is 4.56. The van der Waals surface area contributed by atoms with Crippen molar-refractivity contribution in [2.45, 2.75) is 44.6 Å². The minimum Gasteiger partial charge on any atom is -0.494 e. The maximum Gasteiger partial charge on any atom is 0.287 e. The Hall–Kier alpha value is -2.32. The normalized spacial score (nSPS) is 14.9. The summed E-state index contributed by atoms with van der Waals surface area (Å²) in [4.78, 5) is 12.5. The molecule has 152 valence electrons. The van der Waals surface area contributed by atoms with E-state index in [1.165, 1.54) is 10.4 Å². The summed E-state index contributed by atoms with van der Waals surface area (Å²) >= 11 is 0. The van der Waals surface area contributed by atoms with Crippen LogP contribution in [0.2, 0.25) is 0 Å². The summed E-state index contributed by atoms with van der Waals surface area (Å²) in [6, 6.07) is 8.79. The van der Waals surface area contributed by atoms with Gasteiger partial charge in [0.05, 0.1) is 6.61 Å². The molecule has 3 rings (SSSR count). The summed E-state index contributed by atoms with van der Waals surface area (Å²) < 4.78 is 37.8. The van der Waals surface area contributed by atoms with Crippen molar-refractivity contribution >= 4 is 15.9 Å². The summed E-state index contributed by atoms with van der Waals surface area (Å²) in [5.74, 6) is 0.570. The van der Waals surface area contributed by atoms with Crippen molar-refractivity contribution in [2.24, 2.45) is 0 Å². The van der Waals surface area contributed by atoms with Crippen LogP contribution in [0.1, 0.15) is 48.1 Å². The van der Waals surface area contributed by atoms with E-state index in [9.17, 15) is 13.2 Å². The summed E-state index contributed by atoms with van der Waals surface area (Å²) in [7, 11) is -3.62. The average Bonchev–Trinajstić information content (AvgIpc) is 3.36. The van der Waals surface area contributed by atoms with Crippen LogP contribution in [0.25, 0.3) is 0 Å². The maximum atomic E-state index is 12.7. The fourth-order valence-electron chi connectivity index (χ4n) is 3.09. The molecule has 0 aliphatic carbocycles. The van der Waals surface area contributed by atoms with Crippen LogP contribution in [0.3, 0.4) is 0 Å². The van der Waals surface area contributed by atoms with E-state index in [4.69, 9.17) is 9.15 Å². The Morgan fingerprint density at radius 1 is 1.21 bits per heavy atom. The highest BCUT2D eigenvalue weighted by atomic mass is 32.2. The largest absolute Gasteiger partial charge is 0.494 e. The Morgan fingerprint density at radius 3 is 2.54 bits per heavy atom. The molecule has 1 aromatic carbocycles. The molecule has 7 nitrogen and oxygen atoms in total. The first-order chi connectivity index (χ1) is 13.4. The second-order valence-electron chi connectivity index (χ2n) is 6.82. The lowest BCUT2D eigenvalue weighted by Crippen LogP contribution is -2.28. The lowest BCUT2D eigenvalue weighted by molar-refractivity contribution is 0.0922. The number of rotatable bonds is 8. The second-order valence-corrected chi connectivity index (χ2v) is 8.72. The number of hydrogen-bond acceptors (Lipinski definition) is 5. The third-order valence-electron chi connectivity index (χ3n) is 4.63. The lowest BCUT2D eigenvalue weighted by Gasteiger charge is -2.14. The van der Waals surface area contributed by atoms with Gasteiger partial charge >= 0.3 is 0 Å². The van der Waals surface area contributed by atoms with Crippen molar-refractivity contribution in [3.05, 3.63) is 47.4 Å². The van der Waals surface area contributed by atoms with Crippen LogP contribution in [-0.4, -0.2) is 38.3 Å². The van der Waals surface area contributed by atoms with E-state index in [1.807, 2.05) is 31.2 Å². The summed E-state index contributed by atoms with van der Waals surface area (Å²) in [6.07, 6.45) is 2.65. The molecular weight excluding hydrogens is 380 g/mol. The van der Waals surface area contributed by atoms with Crippen LogP contribution in [0.4, 0.5) is 0 Å². The monoisotopic (exact) mass is 406 g/mol. The Balaban J connectivity index is 1.63. The predicted molar refractivity (Wildman–Crippen MR) is 105 cm³/mol. The number of sulfonamides is 1. The molecule has 1 aliphatic rings. The summed E-state index contributed by atoms with van der Waals surface area (Å²) in [5.41, 5.74) is 0.908. The highest BCUT2D eigenvalue weighted by Crippen LogP contribution is 2.26.